The summed E-state index contributed by atoms with van der Waals surface area (Å²) in [7, 11) is 0. The second-order valence-electron chi connectivity index (χ2n) is 9.07. The molecule has 3 atom stereocenters. The van der Waals surface area contributed by atoms with Gasteiger partial charge in [-0.1, -0.05) is 25.7 Å². The summed E-state index contributed by atoms with van der Waals surface area (Å²) in [5, 5.41) is 21.2. The number of aliphatic hydroxyl groups is 1. The molecule has 30 heavy (non-hydrogen) atoms. The summed E-state index contributed by atoms with van der Waals surface area (Å²) in [5.41, 5.74) is -0.160. The van der Waals surface area contributed by atoms with Crippen LogP contribution >= 0.6 is 0 Å². The topological polar surface area (TPSA) is 99.5 Å². The molecule has 1 aliphatic heterocycles. The number of rotatable bonds is 5. The third-order valence-electron chi connectivity index (χ3n) is 6.93. The Bertz CT molecular complexity index is 776. The second kappa shape index (κ2) is 9.81. The summed E-state index contributed by atoms with van der Waals surface area (Å²) >= 11 is 0. The molecule has 3 unspecified atom stereocenters. The highest BCUT2D eigenvalue weighted by Crippen LogP contribution is 2.28. The predicted octanol–water partition coefficient (Wildman–Crippen LogP) is 2.32. The monoisotopic (exact) mass is 417 g/mol. The molecule has 2 amide bonds. The number of carbonyl (C=O) groups is 1. The zero-order valence-corrected chi connectivity index (χ0v) is 17.8. The largest absolute Gasteiger partial charge is 0.391 e. The molecule has 166 valence electrons. The van der Waals surface area contributed by atoms with Gasteiger partial charge in [-0.15, -0.1) is 0 Å². The summed E-state index contributed by atoms with van der Waals surface area (Å²) in [6, 6.07) is 3.48. The van der Waals surface area contributed by atoms with Crippen LogP contribution in [0.2, 0.25) is 0 Å². The van der Waals surface area contributed by atoms with Gasteiger partial charge in [-0.2, -0.15) is 5.10 Å². The molecule has 3 N–H and O–H groups in total. The van der Waals surface area contributed by atoms with Gasteiger partial charge < -0.3 is 20.6 Å². The van der Waals surface area contributed by atoms with Crippen molar-refractivity contribution in [2.75, 3.05) is 18.0 Å². The first-order chi connectivity index (χ1) is 14.6. The van der Waals surface area contributed by atoms with Gasteiger partial charge in [-0.25, -0.2) is 9.48 Å². The predicted molar refractivity (Wildman–Crippen MR) is 116 cm³/mol. The van der Waals surface area contributed by atoms with Gasteiger partial charge in [0.2, 0.25) is 0 Å². The lowest BCUT2D eigenvalue weighted by Gasteiger charge is -2.37. The van der Waals surface area contributed by atoms with Gasteiger partial charge in [0.1, 0.15) is 5.82 Å². The molecule has 1 aromatic heterocycles. The van der Waals surface area contributed by atoms with Gasteiger partial charge in [0.15, 0.2) is 0 Å². The molecule has 2 aliphatic carbocycles. The van der Waals surface area contributed by atoms with E-state index in [1.54, 1.807) is 12.1 Å². The van der Waals surface area contributed by atoms with Crippen LogP contribution in [0.1, 0.15) is 76.7 Å². The number of anilines is 1. The van der Waals surface area contributed by atoms with Gasteiger partial charge in [0.05, 0.1) is 12.1 Å². The van der Waals surface area contributed by atoms with Crippen molar-refractivity contribution in [2.24, 2.45) is 0 Å². The normalized spacial score (nSPS) is 27.8. The third-order valence-corrected chi connectivity index (χ3v) is 6.93. The van der Waals surface area contributed by atoms with Crippen LogP contribution in [0.4, 0.5) is 10.6 Å². The second-order valence-corrected chi connectivity index (χ2v) is 9.07. The van der Waals surface area contributed by atoms with E-state index in [0.29, 0.717) is 12.6 Å². The van der Waals surface area contributed by atoms with E-state index < -0.39 is 6.10 Å². The highest BCUT2D eigenvalue weighted by Gasteiger charge is 2.29. The molecule has 0 spiro atoms. The lowest BCUT2D eigenvalue weighted by molar-refractivity contribution is 0.0669. The number of urea groups is 1. The Kier molecular flexibility index (Phi) is 6.92. The first kappa shape index (κ1) is 21.2. The molecule has 2 heterocycles. The molecule has 1 aromatic rings. The fourth-order valence-electron chi connectivity index (χ4n) is 5.21. The first-order valence-electron chi connectivity index (χ1n) is 11.7. The van der Waals surface area contributed by atoms with E-state index in [1.165, 1.54) is 17.5 Å². The van der Waals surface area contributed by atoms with E-state index in [9.17, 15) is 14.7 Å². The number of piperidine rings is 1. The first-order valence-corrected chi connectivity index (χ1v) is 11.7. The zero-order chi connectivity index (χ0) is 20.9. The Labute approximate surface area is 178 Å². The van der Waals surface area contributed by atoms with Crippen LogP contribution in [0.15, 0.2) is 16.9 Å². The van der Waals surface area contributed by atoms with Gasteiger partial charge in [0.25, 0.3) is 5.56 Å². The van der Waals surface area contributed by atoms with Crippen molar-refractivity contribution in [1.82, 2.24) is 20.4 Å². The molecule has 3 fully saturated rings. The fraction of sp³-hybridized carbons (Fsp3) is 0.773. The van der Waals surface area contributed by atoms with Crippen molar-refractivity contribution < 1.29 is 9.90 Å². The van der Waals surface area contributed by atoms with Crippen LogP contribution in [0.3, 0.4) is 0 Å². The summed E-state index contributed by atoms with van der Waals surface area (Å²) in [4.78, 5) is 27.0. The Hall–Kier alpha value is -2.09. The molecule has 0 radical (unpaired) electrons. The zero-order valence-electron chi connectivity index (χ0n) is 17.8. The fourth-order valence-corrected chi connectivity index (χ4v) is 5.21. The van der Waals surface area contributed by atoms with Gasteiger partial charge >= 0.3 is 6.03 Å². The van der Waals surface area contributed by atoms with Crippen molar-refractivity contribution in [2.45, 2.75) is 94.9 Å². The van der Waals surface area contributed by atoms with E-state index >= 15 is 0 Å². The van der Waals surface area contributed by atoms with E-state index in [-0.39, 0.29) is 23.7 Å². The SMILES string of the molecule is O=C(NCC1CCCCN1c1ccc(=O)n(C2CCCCC2O)n1)NC1CCCC1. The van der Waals surface area contributed by atoms with Crippen LogP contribution < -0.4 is 21.1 Å². The van der Waals surface area contributed by atoms with E-state index in [1.807, 2.05) is 0 Å². The molecule has 2 saturated carbocycles. The van der Waals surface area contributed by atoms with Crippen LogP contribution in [-0.2, 0) is 0 Å². The quantitative estimate of drug-likeness (QED) is 0.683. The van der Waals surface area contributed by atoms with E-state index in [0.717, 1.165) is 70.2 Å². The average Bonchev–Trinajstić information content (AvgIpc) is 3.26. The molecule has 4 rings (SSSR count). The maximum absolute atomic E-state index is 12.5. The van der Waals surface area contributed by atoms with Crippen LogP contribution in [0.5, 0.6) is 0 Å². The summed E-state index contributed by atoms with van der Waals surface area (Å²) in [5.74, 6) is 0.759. The third kappa shape index (κ3) is 4.96. The smallest absolute Gasteiger partial charge is 0.315 e. The molecule has 0 aromatic carbocycles. The molecular weight excluding hydrogens is 382 g/mol. The lowest BCUT2D eigenvalue weighted by Crippen LogP contribution is -2.50. The number of nitrogens with zero attached hydrogens (tertiary/aromatic N) is 3. The number of hydrogen-bond acceptors (Lipinski definition) is 5. The van der Waals surface area contributed by atoms with Gasteiger partial charge in [-0.3, -0.25) is 4.79 Å². The number of aliphatic hydroxyl groups excluding tert-OH is 1. The summed E-state index contributed by atoms with van der Waals surface area (Å²) in [6.45, 7) is 1.42. The lowest BCUT2D eigenvalue weighted by atomic mass is 9.93. The summed E-state index contributed by atoms with van der Waals surface area (Å²) < 4.78 is 1.49. The number of aromatic nitrogens is 2. The number of amides is 2. The maximum Gasteiger partial charge on any atom is 0.315 e. The van der Waals surface area contributed by atoms with Crippen molar-refractivity contribution in [3.05, 3.63) is 22.5 Å². The Balaban J connectivity index is 1.43. The molecular formula is C22H35N5O3. The highest BCUT2D eigenvalue weighted by molar-refractivity contribution is 5.74. The Morgan fingerprint density at radius 3 is 2.57 bits per heavy atom. The molecule has 1 saturated heterocycles. The van der Waals surface area contributed by atoms with Crippen molar-refractivity contribution in [3.63, 3.8) is 0 Å². The number of nitrogens with one attached hydrogen (secondary N) is 2. The molecule has 8 heteroatoms. The highest BCUT2D eigenvalue weighted by atomic mass is 16.3. The van der Waals surface area contributed by atoms with Crippen molar-refractivity contribution >= 4 is 11.8 Å². The minimum Gasteiger partial charge on any atom is -0.391 e. The van der Waals surface area contributed by atoms with Gasteiger partial charge in [-0.05, 0) is 51.0 Å². The number of carbonyl (C=O) groups excluding carboxylic acids is 1. The number of hydrogen-bond donors (Lipinski definition) is 3. The average molecular weight is 418 g/mol. The van der Waals surface area contributed by atoms with Crippen LogP contribution in [-0.4, -0.2) is 52.2 Å². The minimum absolute atomic E-state index is 0.0873. The Morgan fingerprint density at radius 2 is 1.77 bits per heavy atom. The minimum atomic E-state index is -0.516. The van der Waals surface area contributed by atoms with Crippen LogP contribution in [0.25, 0.3) is 0 Å². The standard InChI is InChI=1S/C22H35N5O3/c28-19-11-4-3-10-18(19)27-21(29)13-12-20(25-27)26-14-6-5-9-17(26)15-23-22(30)24-16-7-1-2-8-16/h12-13,16-19,28H,1-11,14-15H2,(H2,23,24,30). The molecule has 8 nitrogen and oxygen atoms in total. The summed E-state index contributed by atoms with van der Waals surface area (Å²) in [6.07, 6.45) is 10.7. The van der Waals surface area contributed by atoms with Crippen LogP contribution in [0, 0.1) is 0 Å². The van der Waals surface area contributed by atoms with E-state index in [2.05, 4.69) is 20.6 Å². The molecule has 0 bridgehead atoms. The Morgan fingerprint density at radius 1 is 1.03 bits per heavy atom. The maximum atomic E-state index is 12.5. The van der Waals surface area contributed by atoms with E-state index in [4.69, 9.17) is 0 Å². The van der Waals surface area contributed by atoms with Crippen molar-refractivity contribution in [1.29, 1.82) is 0 Å². The molecule has 3 aliphatic rings. The van der Waals surface area contributed by atoms with Crippen molar-refractivity contribution in [3.8, 4) is 0 Å². The van der Waals surface area contributed by atoms with Gasteiger partial charge in [0, 0.05) is 31.2 Å².